The maximum atomic E-state index is 12.8. The maximum Gasteiger partial charge on any atom is 0.270 e. The minimum atomic E-state index is -0.475. The standard InChI is InChI=1S/C23H19NO5/c1-28-20-11-13-23(29-16-18-6-3-2-4-7-18)21(15-20)22(25)12-10-17-8-5-9-19(14-17)24(26)27/h2-15H,16H2,1H3. The van der Waals surface area contributed by atoms with E-state index in [0.717, 1.165) is 5.56 Å². The Balaban J connectivity index is 1.82. The number of hydrogen-bond acceptors (Lipinski definition) is 5. The molecule has 3 aromatic carbocycles. The van der Waals surface area contributed by atoms with Gasteiger partial charge in [0.25, 0.3) is 5.69 Å². The van der Waals surface area contributed by atoms with Gasteiger partial charge in [0.05, 0.1) is 17.6 Å². The number of carbonyl (C=O) groups is 1. The molecule has 0 aromatic heterocycles. The second-order valence-corrected chi connectivity index (χ2v) is 6.19. The monoisotopic (exact) mass is 389 g/mol. The lowest BCUT2D eigenvalue weighted by molar-refractivity contribution is -0.384. The van der Waals surface area contributed by atoms with Gasteiger partial charge >= 0.3 is 0 Å². The number of methoxy groups -OCH3 is 1. The van der Waals surface area contributed by atoms with Crippen molar-refractivity contribution in [1.82, 2.24) is 0 Å². The van der Waals surface area contributed by atoms with Crippen molar-refractivity contribution in [3.63, 3.8) is 0 Å². The summed E-state index contributed by atoms with van der Waals surface area (Å²) < 4.78 is 11.1. The summed E-state index contributed by atoms with van der Waals surface area (Å²) in [6.45, 7) is 0.321. The van der Waals surface area contributed by atoms with Gasteiger partial charge in [-0.25, -0.2) is 0 Å². The minimum Gasteiger partial charge on any atom is -0.497 e. The van der Waals surface area contributed by atoms with Crippen LogP contribution in [0.1, 0.15) is 21.5 Å². The number of nitrogens with zero attached hydrogens (tertiary/aromatic N) is 1. The SMILES string of the molecule is COc1ccc(OCc2ccccc2)c(C(=O)C=Cc2cccc([N+](=O)[O-])c2)c1. The van der Waals surface area contributed by atoms with E-state index >= 15 is 0 Å². The summed E-state index contributed by atoms with van der Waals surface area (Å²) in [6.07, 6.45) is 2.90. The molecule has 0 atom stereocenters. The number of ether oxygens (including phenoxy) is 2. The number of benzene rings is 3. The van der Waals surface area contributed by atoms with Gasteiger partial charge in [-0.05, 0) is 35.4 Å². The first-order valence-corrected chi connectivity index (χ1v) is 8.88. The molecule has 0 aliphatic heterocycles. The Morgan fingerprint density at radius 2 is 1.83 bits per heavy atom. The smallest absolute Gasteiger partial charge is 0.270 e. The lowest BCUT2D eigenvalue weighted by atomic mass is 10.1. The van der Waals surface area contributed by atoms with Crippen LogP contribution in [0.5, 0.6) is 11.5 Å². The molecule has 0 saturated heterocycles. The van der Waals surface area contributed by atoms with Crippen LogP contribution >= 0.6 is 0 Å². The molecule has 3 aromatic rings. The molecule has 0 aliphatic rings. The number of non-ortho nitro benzene ring substituents is 1. The van der Waals surface area contributed by atoms with E-state index in [1.807, 2.05) is 30.3 Å². The van der Waals surface area contributed by atoms with Crippen molar-refractivity contribution in [2.24, 2.45) is 0 Å². The van der Waals surface area contributed by atoms with E-state index in [4.69, 9.17) is 9.47 Å². The van der Waals surface area contributed by atoms with Gasteiger partial charge in [0.15, 0.2) is 5.78 Å². The lowest BCUT2D eigenvalue weighted by Gasteiger charge is -2.11. The number of ketones is 1. The molecule has 0 N–H and O–H groups in total. The summed E-state index contributed by atoms with van der Waals surface area (Å²) in [4.78, 5) is 23.2. The molecule has 0 unspecified atom stereocenters. The Kier molecular flexibility index (Phi) is 6.37. The summed E-state index contributed by atoms with van der Waals surface area (Å²) in [5.41, 5.74) is 1.85. The van der Waals surface area contributed by atoms with Crippen LogP contribution in [-0.4, -0.2) is 17.8 Å². The second-order valence-electron chi connectivity index (χ2n) is 6.19. The van der Waals surface area contributed by atoms with Crippen LogP contribution in [0.25, 0.3) is 6.08 Å². The average molecular weight is 389 g/mol. The highest BCUT2D eigenvalue weighted by atomic mass is 16.6. The zero-order chi connectivity index (χ0) is 20.6. The fraction of sp³-hybridized carbons (Fsp3) is 0.0870. The number of nitro groups is 1. The molecule has 0 spiro atoms. The Labute approximate surface area is 168 Å². The van der Waals surface area contributed by atoms with Crippen molar-refractivity contribution in [3.8, 4) is 11.5 Å². The van der Waals surface area contributed by atoms with E-state index in [1.165, 1.54) is 31.4 Å². The zero-order valence-electron chi connectivity index (χ0n) is 15.8. The highest BCUT2D eigenvalue weighted by Gasteiger charge is 2.13. The van der Waals surface area contributed by atoms with Crippen LogP contribution in [0.3, 0.4) is 0 Å². The zero-order valence-corrected chi connectivity index (χ0v) is 15.8. The van der Waals surface area contributed by atoms with E-state index in [-0.39, 0.29) is 11.5 Å². The summed E-state index contributed by atoms with van der Waals surface area (Å²) in [6, 6.07) is 20.7. The second kappa shape index (κ2) is 9.32. The molecule has 3 rings (SSSR count). The average Bonchev–Trinajstić information content (AvgIpc) is 2.76. The van der Waals surface area contributed by atoms with E-state index in [9.17, 15) is 14.9 Å². The van der Waals surface area contributed by atoms with Gasteiger partial charge in [-0.1, -0.05) is 48.5 Å². The fourth-order valence-corrected chi connectivity index (χ4v) is 2.69. The molecule has 0 radical (unpaired) electrons. The molecule has 0 fully saturated rings. The van der Waals surface area contributed by atoms with Gasteiger partial charge in [-0.2, -0.15) is 0 Å². The minimum absolute atomic E-state index is 0.0344. The highest BCUT2D eigenvalue weighted by molar-refractivity contribution is 6.08. The van der Waals surface area contributed by atoms with E-state index in [1.54, 1.807) is 30.3 Å². The molecule has 0 amide bonds. The van der Waals surface area contributed by atoms with Crippen LogP contribution < -0.4 is 9.47 Å². The van der Waals surface area contributed by atoms with Crippen molar-refractivity contribution < 1.29 is 19.2 Å². The van der Waals surface area contributed by atoms with Crippen LogP contribution in [0, 0.1) is 10.1 Å². The first-order valence-electron chi connectivity index (χ1n) is 8.88. The lowest BCUT2D eigenvalue weighted by Crippen LogP contribution is -2.03. The molecule has 0 heterocycles. The molecule has 6 nitrogen and oxygen atoms in total. The van der Waals surface area contributed by atoms with Crippen LogP contribution in [0.4, 0.5) is 5.69 Å². The molecule has 29 heavy (non-hydrogen) atoms. The largest absolute Gasteiger partial charge is 0.497 e. The molecule has 6 heteroatoms. The van der Waals surface area contributed by atoms with Crippen molar-refractivity contribution >= 4 is 17.5 Å². The van der Waals surface area contributed by atoms with Crippen molar-refractivity contribution in [2.45, 2.75) is 6.61 Å². The fourth-order valence-electron chi connectivity index (χ4n) is 2.69. The van der Waals surface area contributed by atoms with Crippen LogP contribution in [-0.2, 0) is 6.61 Å². The maximum absolute atomic E-state index is 12.8. The molecule has 0 bridgehead atoms. The third-order valence-electron chi connectivity index (χ3n) is 4.20. The summed E-state index contributed by atoms with van der Waals surface area (Å²) in [5, 5.41) is 10.9. The first-order chi connectivity index (χ1) is 14.1. The molecular formula is C23H19NO5. The Hall–Kier alpha value is -3.93. The van der Waals surface area contributed by atoms with Gasteiger partial charge in [0.1, 0.15) is 18.1 Å². The van der Waals surface area contributed by atoms with Gasteiger partial charge in [-0.15, -0.1) is 0 Å². The molecular weight excluding hydrogens is 370 g/mol. The van der Waals surface area contributed by atoms with Gasteiger partial charge in [-0.3, -0.25) is 14.9 Å². The van der Waals surface area contributed by atoms with Gasteiger partial charge in [0, 0.05) is 12.1 Å². The molecule has 0 aliphatic carbocycles. The third kappa shape index (κ3) is 5.29. The number of nitro benzene ring substituents is 1. The third-order valence-corrected chi connectivity index (χ3v) is 4.20. The Morgan fingerprint density at radius 3 is 2.55 bits per heavy atom. The Morgan fingerprint density at radius 1 is 1.03 bits per heavy atom. The predicted octanol–water partition coefficient (Wildman–Crippen LogP) is 5.08. The number of hydrogen-bond donors (Lipinski definition) is 0. The molecule has 0 saturated carbocycles. The quantitative estimate of drug-likeness (QED) is 0.232. The highest BCUT2D eigenvalue weighted by Crippen LogP contribution is 2.26. The van der Waals surface area contributed by atoms with E-state index in [2.05, 4.69) is 0 Å². The number of allylic oxidation sites excluding steroid dienone is 1. The normalized spacial score (nSPS) is 10.7. The van der Waals surface area contributed by atoms with Crippen LogP contribution in [0.15, 0.2) is 78.9 Å². The summed E-state index contributed by atoms with van der Waals surface area (Å²) >= 11 is 0. The van der Waals surface area contributed by atoms with Gasteiger partial charge in [0.2, 0.25) is 0 Å². The topological polar surface area (TPSA) is 78.7 Å². The summed E-state index contributed by atoms with van der Waals surface area (Å²) in [7, 11) is 1.52. The van der Waals surface area contributed by atoms with E-state index < -0.39 is 4.92 Å². The van der Waals surface area contributed by atoms with Crippen LogP contribution in [0.2, 0.25) is 0 Å². The summed E-state index contributed by atoms with van der Waals surface area (Å²) in [5.74, 6) is 0.672. The van der Waals surface area contributed by atoms with E-state index in [0.29, 0.717) is 29.2 Å². The molecule has 146 valence electrons. The number of carbonyl (C=O) groups excluding carboxylic acids is 1. The van der Waals surface area contributed by atoms with Crippen molar-refractivity contribution in [2.75, 3.05) is 7.11 Å². The van der Waals surface area contributed by atoms with Crippen molar-refractivity contribution in [1.29, 1.82) is 0 Å². The number of rotatable bonds is 8. The predicted molar refractivity (Wildman–Crippen MR) is 110 cm³/mol. The van der Waals surface area contributed by atoms with Crippen molar-refractivity contribution in [3.05, 3.63) is 106 Å². The first kappa shape index (κ1) is 19.8. The van der Waals surface area contributed by atoms with Gasteiger partial charge < -0.3 is 9.47 Å². The Bertz CT molecular complexity index is 1040.